The zero-order chi connectivity index (χ0) is 21.5. The number of ketones is 1. The number of anilines is 1. The second-order valence-corrected chi connectivity index (χ2v) is 7.18. The average Bonchev–Trinajstić information content (AvgIpc) is 2.74. The summed E-state index contributed by atoms with van der Waals surface area (Å²) in [5.41, 5.74) is 2.49. The highest BCUT2D eigenvalue weighted by Crippen LogP contribution is 2.22. The van der Waals surface area contributed by atoms with Gasteiger partial charge in [0.1, 0.15) is 11.6 Å². The maximum absolute atomic E-state index is 13.1. The molecule has 1 N–H and O–H groups in total. The minimum atomic E-state index is -0.823. The van der Waals surface area contributed by atoms with E-state index in [0.29, 0.717) is 22.6 Å². The number of carbonyl (C=O) groups is 2. The number of amides is 1. The third-order valence-electron chi connectivity index (χ3n) is 4.48. The number of carbonyl (C=O) groups excluding carboxylic acids is 2. The Balaban J connectivity index is 1.73. The number of halogens is 2. The molecule has 0 bridgehead atoms. The molecular weight excluding hydrogens is 405 g/mol. The van der Waals surface area contributed by atoms with Crippen LogP contribution in [-0.4, -0.2) is 23.7 Å². The van der Waals surface area contributed by atoms with Crippen LogP contribution in [0, 0.1) is 12.7 Å². The molecule has 1 unspecified atom stereocenters. The summed E-state index contributed by atoms with van der Waals surface area (Å²) in [7, 11) is 0. The molecule has 3 rings (SSSR count). The molecule has 6 heteroatoms. The van der Waals surface area contributed by atoms with Crippen LogP contribution in [0.1, 0.15) is 32.7 Å². The van der Waals surface area contributed by atoms with Gasteiger partial charge in [-0.1, -0.05) is 23.8 Å². The molecule has 0 radical (unpaired) electrons. The summed E-state index contributed by atoms with van der Waals surface area (Å²) in [5, 5.41) is 2.82. The van der Waals surface area contributed by atoms with Gasteiger partial charge in [0, 0.05) is 35.2 Å². The summed E-state index contributed by atoms with van der Waals surface area (Å²) in [5.74, 6) is -0.307. The molecule has 0 saturated heterocycles. The van der Waals surface area contributed by atoms with Gasteiger partial charge < -0.3 is 10.1 Å². The Bertz CT molecular complexity index is 1020. The van der Waals surface area contributed by atoms with Crippen molar-refractivity contribution >= 4 is 29.0 Å². The second-order valence-electron chi connectivity index (χ2n) is 6.80. The highest BCUT2D eigenvalue weighted by Gasteiger charge is 2.22. The van der Waals surface area contributed by atoms with E-state index < -0.39 is 11.9 Å². The fourth-order valence-corrected chi connectivity index (χ4v) is 3.06. The monoisotopic (exact) mass is 425 g/mol. The standard InChI is InChI=1S/C24H21ClFNO3/c1-16-5-7-18(8-6-16)24(29)27-20-3-2-4-21(15-20)30-22(13-14-25)23(28)17-9-11-19(26)12-10-17/h2-12,15,22H,13-14H2,1H3,(H,27,29). The molecule has 0 aliphatic heterocycles. The van der Waals surface area contributed by atoms with E-state index in [1.165, 1.54) is 24.3 Å². The first-order chi connectivity index (χ1) is 14.5. The van der Waals surface area contributed by atoms with Gasteiger partial charge in [-0.05, 0) is 55.5 Å². The van der Waals surface area contributed by atoms with Gasteiger partial charge in [-0.3, -0.25) is 9.59 Å². The van der Waals surface area contributed by atoms with Crippen LogP contribution >= 0.6 is 11.6 Å². The molecule has 154 valence electrons. The van der Waals surface area contributed by atoms with Crippen LogP contribution in [0.2, 0.25) is 0 Å². The summed E-state index contributed by atoms with van der Waals surface area (Å²) in [4.78, 5) is 25.2. The van der Waals surface area contributed by atoms with Crippen LogP contribution in [0.3, 0.4) is 0 Å². The number of ether oxygens (including phenoxy) is 1. The van der Waals surface area contributed by atoms with Crippen molar-refractivity contribution in [2.75, 3.05) is 11.2 Å². The second kappa shape index (κ2) is 10.0. The van der Waals surface area contributed by atoms with Crippen molar-refractivity contribution in [1.29, 1.82) is 0 Å². The minimum absolute atomic E-state index is 0.224. The number of aryl methyl sites for hydroxylation is 1. The van der Waals surface area contributed by atoms with Crippen molar-refractivity contribution in [3.63, 3.8) is 0 Å². The SMILES string of the molecule is Cc1ccc(C(=O)Nc2cccc(OC(CCCl)C(=O)c3ccc(F)cc3)c2)cc1. The van der Waals surface area contributed by atoms with Gasteiger partial charge in [-0.25, -0.2) is 4.39 Å². The van der Waals surface area contributed by atoms with Crippen molar-refractivity contribution in [2.45, 2.75) is 19.4 Å². The van der Waals surface area contributed by atoms with Crippen LogP contribution in [-0.2, 0) is 0 Å². The fourth-order valence-electron chi connectivity index (χ4n) is 2.86. The number of hydrogen-bond donors (Lipinski definition) is 1. The average molecular weight is 426 g/mol. The minimum Gasteiger partial charge on any atom is -0.482 e. The number of Topliss-reactive ketones (excluding diaryl/α,β-unsaturated/α-hetero) is 1. The Kier molecular flexibility index (Phi) is 7.20. The Morgan fingerprint density at radius 1 is 1.00 bits per heavy atom. The van der Waals surface area contributed by atoms with Gasteiger partial charge >= 0.3 is 0 Å². The number of benzene rings is 3. The predicted octanol–water partition coefficient (Wildman–Crippen LogP) is 5.65. The number of nitrogens with one attached hydrogen (secondary N) is 1. The highest BCUT2D eigenvalue weighted by molar-refractivity contribution is 6.18. The topological polar surface area (TPSA) is 55.4 Å². The van der Waals surface area contributed by atoms with Crippen LogP contribution in [0.4, 0.5) is 10.1 Å². The van der Waals surface area contributed by atoms with Crippen molar-refractivity contribution < 1.29 is 18.7 Å². The van der Waals surface area contributed by atoms with E-state index in [9.17, 15) is 14.0 Å². The zero-order valence-corrected chi connectivity index (χ0v) is 17.2. The molecule has 0 aliphatic rings. The Morgan fingerprint density at radius 3 is 2.33 bits per heavy atom. The lowest BCUT2D eigenvalue weighted by Crippen LogP contribution is -2.28. The van der Waals surface area contributed by atoms with E-state index in [2.05, 4.69) is 5.32 Å². The molecule has 0 aromatic heterocycles. The van der Waals surface area contributed by atoms with E-state index in [1.54, 1.807) is 36.4 Å². The van der Waals surface area contributed by atoms with Crippen LogP contribution in [0.25, 0.3) is 0 Å². The summed E-state index contributed by atoms with van der Waals surface area (Å²) in [6, 6.07) is 19.3. The first-order valence-electron chi connectivity index (χ1n) is 9.47. The van der Waals surface area contributed by atoms with Crippen molar-refractivity contribution in [2.24, 2.45) is 0 Å². The molecule has 0 fully saturated rings. The first-order valence-corrected chi connectivity index (χ1v) is 10.00. The summed E-state index contributed by atoms with van der Waals surface area (Å²) in [6.07, 6.45) is -0.534. The molecule has 0 heterocycles. The van der Waals surface area contributed by atoms with Gasteiger partial charge in [-0.2, -0.15) is 0 Å². The van der Waals surface area contributed by atoms with Gasteiger partial charge in [0.2, 0.25) is 5.78 Å². The van der Waals surface area contributed by atoms with E-state index in [4.69, 9.17) is 16.3 Å². The van der Waals surface area contributed by atoms with Gasteiger partial charge in [-0.15, -0.1) is 11.6 Å². The van der Waals surface area contributed by atoms with Crippen molar-refractivity contribution in [1.82, 2.24) is 0 Å². The van der Waals surface area contributed by atoms with E-state index >= 15 is 0 Å². The van der Waals surface area contributed by atoms with Crippen LogP contribution in [0.5, 0.6) is 5.75 Å². The molecule has 3 aromatic rings. The molecule has 1 atom stereocenters. The van der Waals surface area contributed by atoms with Crippen molar-refractivity contribution in [3.05, 3.63) is 95.3 Å². The lowest BCUT2D eigenvalue weighted by molar-refractivity contribution is 0.0787. The van der Waals surface area contributed by atoms with Gasteiger partial charge in [0.05, 0.1) is 0 Å². The van der Waals surface area contributed by atoms with Gasteiger partial charge in [0.25, 0.3) is 5.91 Å². The van der Waals surface area contributed by atoms with Crippen LogP contribution < -0.4 is 10.1 Å². The molecule has 30 heavy (non-hydrogen) atoms. The maximum atomic E-state index is 13.1. The fraction of sp³-hybridized carbons (Fsp3) is 0.167. The molecule has 0 saturated carbocycles. The van der Waals surface area contributed by atoms with Gasteiger partial charge in [0.15, 0.2) is 6.10 Å². The predicted molar refractivity (Wildman–Crippen MR) is 116 cm³/mol. The number of alkyl halides is 1. The number of rotatable bonds is 8. The molecule has 0 spiro atoms. The molecular formula is C24H21ClFNO3. The normalized spacial score (nSPS) is 11.6. The van der Waals surface area contributed by atoms with Crippen molar-refractivity contribution in [3.8, 4) is 5.75 Å². The Hall–Kier alpha value is -3.18. The third kappa shape index (κ3) is 5.67. The third-order valence-corrected chi connectivity index (χ3v) is 4.69. The summed E-state index contributed by atoms with van der Waals surface area (Å²) in [6.45, 7) is 1.95. The largest absolute Gasteiger partial charge is 0.482 e. The Morgan fingerprint density at radius 2 is 1.67 bits per heavy atom. The summed E-state index contributed by atoms with van der Waals surface area (Å²) < 4.78 is 19.0. The highest BCUT2D eigenvalue weighted by atomic mass is 35.5. The lowest BCUT2D eigenvalue weighted by Gasteiger charge is -2.18. The Labute approximate surface area is 179 Å². The zero-order valence-electron chi connectivity index (χ0n) is 16.4. The quantitative estimate of drug-likeness (QED) is 0.375. The lowest BCUT2D eigenvalue weighted by atomic mass is 10.0. The number of hydrogen-bond acceptors (Lipinski definition) is 3. The maximum Gasteiger partial charge on any atom is 0.255 e. The van der Waals surface area contributed by atoms with Crippen LogP contribution in [0.15, 0.2) is 72.8 Å². The molecule has 0 aliphatic carbocycles. The van der Waals surface area contributed by atoms with E-state index in [1.807, 2.05) is 19.1 Å². The molecule has 4 nitrogen and oxygen atoms in total. The smallest absolute Gasteiger partial charge is 0.255 e. The molecule has 3 aromatic carbocycles. The van der Waals surface area contributed by atoms with E-state index in [-0.39, 0.29) is 24.0 Å². The summed E-state index contributed by atoms with van der Waals surface area (Å²) >= 11 is 5.85. The first kappa shape index (κ1) is 21.5. The van der Waals surface area contributed by atoms with E-state index in [0.717, 1.165) is 5.56 Å². The molecule has 1 amide bonds.